The summed E-state index contributed by atoms with van der Waals surface area (Å²) in [4.78, 5) is 38.1. The first-order valence-corrected chi connectivity index (χ1v) is 14.2. The molecule has 0 saturated carbocycles. The molecule has 3 rings (SSSR count). The van der Waals surface area contributed by atoms with E-state index in [2.05, 4.69) is 71.2 Å². The van der Waals surface area contributed by atoms with Crippen molar-refractivity contribution in [3.8, 4) is 0 Å². The maximum absolute atomic E-state index is 12.4. The fourth-order valence-electron chi connectivity index (χ4n) is 4.77. The van der Waals surface area contributed by atoms with Crippen LogP contribution in [0.5, 0.6) is 0 Å². The lowest BCUT2D eigenvalue weighted by molar-refractivity contribution is -0.119. The van der Waals surface area contributed by atoms with Crippen molar-refractivity contribution in [1.82, 2.24) is 9.88 Å². The van der Waals surface area contributed by atoms with Gasteiger partial charge in [0.2, 0.25) is 12.3 Å². The molecule has 228 valence electrons. The van der Waals surface area contributed by atoms with Crippen molar-refractivity contribution in [3.05, 3.63) is 64.9 Å². The van der Waals surface area contributed by atoms with Gasteiger partial charge in [-0.1, -0.05) is 33.3 Å². The van der Waals surface area contributed by atoms with Crippen LogP contribution in [-0.4, -0.2) is 60.8 Å². The summed E-state index contributed by atoms with van der Waals surface area (Å²) in [5.41, 5.74) is 18.4. The number of nitrogens with zero attached hydrogens (tertiary/aromatic N) is 4. The zero-order valence-corrected chi connectivity index (χ0v) is 26.4. The molecule has 6 N–H and O–H groups in total. The SMILES string of the molecule is CN=C/C(=C\N)C1=CN=C(/C(C)=C\N)C=C(C)C1C.Cc1ncc(NC(=O)C2CCN(CC(C)(C)C)C2)cc1NC=O. The molecule has 10 heteroatoms. The van der Waals surface area contributed by atoms with Gasteiger partial charge < -0.3 is 27.0 Å². The van der Waals surface area contributed by atoms with Crippen LogP contribution in [0.1, 0.15) is 53.7 Å². The highest BCUT2D eigenvalue weighted by Crippen LogP contribution is 2.28. The maximum atomic E-state index is 12.4. The molecule has 1 aromatic heterocycles. The average molecular weight is 577 g/mol. The molecule has 42 heavy (non-hydrogen) atoms. The molecular formula is C32H48N8O2. The van der Waals surface area contributed by atoms with Crippen LogP contribution in [0.25, 0.3) is 0 Å². The molecule has 2 aliphatic rings. The minimum atomic E-state index is 0.00105. The second-order valence-corrected chi connectivity index (χ2v) is 12.0. The van der Waals surface area contributed by atoms with Crippen molar-refractivity contribution >= 4 is 35.6 Å². The minimum absolute atomic E-state index is 0.00105. The van der Waals surface area contributed by atoms with Gasteiger partial charge in [0.15, 0.2) is 0 Å². The standard InChI is InChI=1S/C17H26N4O2.C15H22N4/c1-12-15(19-11-22)7-14(8-18-12)20-16(23)13-5-6-21(9-13)10-17(2,3)4;1-10-5-15(11(2)6-16)19-9-14(12(10)3)13(7-17)8-18-4/h7-8,11,13H,5-6,9-10H2,1-4H3,(H,19,22)(H,20,23);5-9,12H,16-17H2,1-4H3/b;11-6-,13-7+,18-8?. The van der Waals surface area contributed by atoms with Crippen LogP contribution in [-0.2, 0) is 9.59 Å². The van der Waals surface area contributed by atoms with E-state index in [0.717, 1.165) is 48.5 Å². The molecule has 1 saturated heterocycles. The molecule has 0 spiro atoms. The number of carbonyl (C=O) groups excluding carboxylic acids is 2. The number of aliphatic imine (C=N–C) groups is 2. The first-order valence-electron chi connectivity index (χ1n) is 14.2. The number of aryl methyl sites for hydroxylation is 1. The summed E-state index contributed by atoms with van der Waals surface area (Å²) in [5, 5.41) is 5.50. The third-order valence-corrected chi connectivity index (χ3v) is 7.20. The first kappa shape index (κ1) is 34.2. The maximum Gasteiger partial charge on any atom is 0.228 e. The molecule has 1 aromatic rings. The van der Waals surface area contributed by atoms with Crippen molar-refractivity contribution in [2.75, 3.05) is 37.3 Å². The summed E-state index contributed by atoms with van der Waals surface area (Å²) in [7, 11) is 1.73. The van der Waals surface area contributed by atoms with E-state index >= 15 is 0 Å². The third-order valence-electron chi connectivity index (χ3n) is 7.20. The Bertz CT molecular complexity index is 1300. The van der Waals surface area contributed by atoms with Crippen molar-refractivity contribution in [3.63, 3.8) is 0 Å². The van der Waals surface area contributed by atoms with Crippen LogP contribution >= 0.6 is 0 Å². The number of likely N-dealkylation sites (tertiary alicyclic amines) is 1. The molecule has 2 aliphatic heterocycles. The fourth-order valence-corrected chi connectivity index (χ4v) is 4.77. The molecule has 0 aliphatic carbocycles. The summed E-state index contributed by atoms with van der Waals surface area (Å²) in [6, 6.07) is 1.73. The predicted molar refractivity (Wildman–Crippen MR) is 174 cm³/mol. The van der Waals surface area contributed by atoms with Gasteiger partial charge in [0.25, 0.3) is 0 Å². The summed E-state index contributed by atoms with van der Waals surface area (Å²) in [5.74, 6) is 0.255. The molecule has 0 aromatic carbocycles. The number of amides is 2. The number of nitrogens with two attached hydrogens (primary N) is 2. The Morgan fingerprint density at radius 1 is 1.24 bits per heavy atom. The predicted octanol–water partition coefficient (Wildman–Crippen LogP) is 4.58. The van der Waals surface area contributed by atoms with Gasteiger partial charge in [-0.3, -0.25) is 24.6 Å². The van der Waals surface area contributed by atoms with Crippen molar-refractivity contribution in [2.24, 2.45) is 38.7 Å². The van der Waals surface area contributed by atoms with E-state index in [1.807, 2.05) is 13.1 Å². The topological polar surface area (TPSA) is 151 Å². The van der Waals surface area contributed by atoms with Gasteiger partial charge in [-0.25, -0.2) is 0 Å². The van der Waals surface area contributed by atoms with Crippen LogP contribution in [0.3, 0.4) is 0 Å². The molecule has 1 fully saturated rings. The zero-order valence-electron chi connectivity index (χ0n) is 26.4. The minimum Gasteiger partial charge on any atom is -0.404 e. The summed E-state index contributed by atoms with van der Waals surface area (Å²) in [6.07, 6.45) is 11.9. The first-order chi connectivity index (χ1) is 19.8. The smallest absolute Gasteiger partial charge is 0.228 e. The number of aromatic nitrogens is 1. The summed E-state index contributed by atoms with van der Waals surface area (Å²) >= 11 is 0. The van der Waals surface area contributed by atoms with Gasteiger partial charge in [0.05, 0.1) is 34.9 Å². The monoisotopic (exact) mass is 576 g/mol. The van der Waals surface area contributed by atoms with E-state index in [0.29, 0.717) is 23.5 Å². The number of pyridine rings is 1. The van der Waals surface area contributed by atoms with E-state index in [1.54, 1.807) is 44.8 Å². The largest absolute Gasteiger partial charge is 0.404 e. The lowest BCUT2D eigenvalue weighted by atomic mass is 9.89. The molecule has 0 radical (unpaired) electrons. The normalized spacial score (nSPS) is 20.1. The van der Waals surface area contributed by atoms with Crippen LogP contribution in [0, 0.1) is 24.2 Å². The molecule has 2 amide bonds. The fraction of sp³-hybridized carbons (Fsp3) is 0.469. The van der Waals surface area contributed by atoms with Crippen LogP contribution in [0.2, 0.25) is 0 Å². The molecule has 10 nitrogen and oxygen atoms in total. The highest BCUT2D eigenvalue weighted by atomic mass is 16.2. The molecular weight excluding hydrogens is 528 g/mol. The zero-order chi connectivity index (χ0) is 31.4. The van der Waals surface area contributed by atoms with E-state index in [-0.39, 0.29) is 23.2 Å². The van der Waals surface area contributed by atoms with Gasteiger partial charge in [-0.15, -0.1) is 0 Å². The van der Waals surface area contributed by atoms with Crippen LogP contribution < -0.4 is 22.1 Å². The van der Waals surface area contributed by atoms with Gasteiger partial charge in [-0.2, -0.15) is 0 Å². The van der Waals surface area contributed by atoms with Gasteiger partial charge in [0, 0.05) is 50.2 Å². The Morgan fingerprint density at radius 3 is 2.55 bits per heavy atom. The molecule has 2 atom stereocenters. The summed E-state index contributed by atoms with van der Waals surface area (Å²) < 4.78 is 0. The Kier molecular flexibility index (Phi) is 12.9. The van der Waals surface area contributed by atoms with Crippen molar-refractivity contribution < 1.29 is 9.59 Å². The van der Waals surface area contributed by atoms with Crippen molar-refractivity contribution in [2.45, 2.75) is 54.9 Å². The quantitative estimate of drug-likeness (QED) is 0.263. The van der Waals surface area contributed by atoms with Crippen LogP contribution in [0.15, 0.2) is 69.2 Å². The van der Waals surface area contributed by atoms with Gasteiger partial charge in [-0.05, 0) is 68.6 Å². The van der Waals surface area contributed by atoms with Crippen LogP contribution in [0.4, 0.5) is 11.4 Å². The number of rotatable bonds is 8. The summed E-state index contributed by atoms with van der Waals surface area (Å²) in [6.45, 7) is 17.3. The number of allylic oxidation sites excluding steroid dienone is 5. The highest BCUT2D eigenvalue weighted by Gasteiger charge is 2.30. The van der Waals surface area contributed by atoms with E-state index in [1.165, 1.54) is 5.57 Å². The Balaban J connectivity index is 0.000000299. The van der Waals surface area contributed by atoms with E-state index in [9.17, 15) is 9.59 Å². The Hall–Kier alpha value is -4.05. The number of anilines is 2. The molecule has 2 unspecified atom stereocenters. The molecule has 3 heterocycles. The van der Waals surface area contributed by atoms with Gasteiger partial charge in [0.1, 0.15) is 0 Å². The van der Waals surface area contributed by atoms with Gasteiger partial charge >= 0.3 is 0 Å². The van der Waals surface area contributed by atoms with Crippen molar-refractivity contribution in [1.29, 1.82) is 0 Å². The Morgan fingerprint density at radius 2 is 1.95 bits per heavy atom. The van der Waals surface area contributed by atoms with E-state index in [4.69, 9.17) is 11.5 Å². The van der Waals surface area contributed by atoms with E-state index < -0.39 is 0 Å². The second-order valence-electron chi connectivity index (χ2n) is 12.0. The lowest BCUT2D eigenvalue weighted by Crippen LogP contribution is -2.32. The highest BCUT2D eigenvalue weighted by molar-refractivity contribution is 6.09. The lowest BCUT2D eigenvalue weighted by Gasteiger charge is -2.26. The Labute approximate surface area is 250 Å². The second kappa shape index (κ2) is 15.8. The average Bonchev–Trinajstić information content (AvgIpc) is 3.34. The number of carbonyl (C=O) groups is 2. The third kappa shape index (κ3) is 10.1. The number of nitrogens with one attached hydrogen (secondary N) is 2. The number of hydrogen-bond acceptors (Lipinski definition) is 8. The molecule has 0 bridgehead atoms. The number of hydrogen-bond donors (Lipinski definition) is 4.